The Labute approximate surface area is 384 Å². The molecule has 1 aliphatic rings. The van der Waals surface area contributed by atoms with Crippen LogP contribution in [0.2, 0.25) is 20.1 Å². The topological polar surface area (TPSA) is 112 Å². The van der Waals surface area contributed by atoms with E-state index in [1.54, 1.807) is 36.4 Å². The van der Waals surface area contributed by atoms with Gasteiger partial charge in [-0.2, -0.15) is 0 Å². The number of rotatable bonds is 22. The third-order valence-corrected chi connectivity index (χ3v) is 12.5. The molecule has 0 saturated carbocycles. The number of hydrogen-bond donors (Lipinski definition) is 3. The molecule has 3 amide bonds. The summed E-state index contributed by atoms with van der Waals surface area (Å²) in [5.41, 5.74) is 5.69. The van der Waals surface area contributed by atoms with Gasteiger partial charge in [0.1, 0.15) is 22.5 Å². The Bertz CT molecular complexity index is 2130. The van der Waals surface area contributed by atoms with Crippen molar-refractivity contribution in [1.29, 1.82) is 0 Å². The van der Waals surface area contributed by atoms with Gasteiger partial charge in [-0.05, 0) is 73.9 Å². The van der Waals surface area contributed by atoms with Crippen molar-refractivity contribution in [3.05, 3.63) is 105 Å². The van der Waals surface area contributed by atoms with E-state index in [9.17, 15) is 14.4 Å². The minimum absolute atomic E-state index is 0.0970. The molecule has 1 heterocycles. The summed E-state index contributed by atoms with van der Waals surface area (Å²) in [6.45, 7) is 8.05. The van der Waals surface area contributed by atoms with Crippen molar-refractivity contribution in [2.45, 2.75) is 121 Å². The maximum absolute atomic E-state index is 14.4. The number of para-hydroxylation sites is 1. The number of aliphatic imine (C=N–C) groups is 1. The second-order valence-corrected chi connectivity index (χ2v) is 18.4. The van der Waals surface area contributed by atoms with E-state index in [4.69, 9.17) is 56.1 Å². The van der Waals surface area contributed by atoms with Crippen LogP contribution in [0.5, 0.6) is 5.75 Å². The van der Waals surface area contributed by atoms with Crippen molar-refractivity contribution in [2.24, 2.45) is 10.9 Å². The van der Waals surface area contributed by atoms with E-state index in [1.807, 2.05) is 51.1 Å². The van der Waals surface area contributed by atoms with Crippen LogP contribution in [-0.4, -0.2) is 34.9 Å². The first-order valence-corrected chi connectivity index (χ1v) is 23.5. The van der Waals surface area contributed by atoms with Crippen molar-refractivity contribution in [2.75, 3.05) is 15.6 Å². The van der Waals surface area contributed by atoms with Gasteiger partial charge in [0.15, 0.2) is 6.10 Å². The highest BCUT2D eigenvalue weighted by molar-refractivity contribution is 8.01. The van der Waals surface area contributed by atoms with Crippen molar-refractivity contribution in [3.8, 4) is 5.75 Å². The molecule has 0 aliphatic carbocycles. The molecule has 4 aromatic carbocycles. The first-order valence-electron chi connectivity index (χ1n) is 21.1. The number of thioether (sulfide) groups is 1. The zero-order chi connectivity index (χ0) is 43.9. The number of anilines is 3. The Kier molecular flexibility index (Phi) is 19.0. The van der Waals surface area contributed by atoms with Crippen LogP contribution >= 0.6 is 58.2 Å². The van der Waals surface area contributed by atoms with Crippen LogP contribution in [-0.2, 0) is 14.4 Å². The Morgan fingerprint density at radius 3 is 2.07 bits per heavy atom. The third-order valence-electron chi connectivity index (χ3n) is 10.1. The predicted molar refractivity (Wildman–Crippen MR) is 255 cm³/mol. The number of amidine groups is 1. The lowest BCUT2D eigenvalue weighted by Crippen LogP contribution is -2.37. The van der Waals surface area contributed by atoms with Crippen LogP contribution in [0.4, 0.5) is 22.7 Å². The minimum Gasteiger partial charge on any atom is -0.480 e. The van der Waals surface area contributed by atoms with E-state index >= 15 is 0 Å². The molecule has 1 aliphatic heterocycles. The van der Waals surface area contributed by atoms with Gasteiger partial charge in [-0.3, -0.25) is 19.8 Å². The average Bonchev–Trinajstić information content (AvgIpc) is 3.50. The molecule has 0 spiro atoms. The Morgan fingerprint density at radius 1 is 0.803 bits per heavy atom. The molecule has 2 unspecified atom stereocenters. The van der Waals surface area contributed by atoms with E-state index in [2.05, 4.69) is 23.0 Å². The standard InChI is InChI=1S/C47H55Cl4N5O4S/c1-5-6-7-8-9-10-11-12-13-14-15-20-41(57)52-33-23-26-35(49)39(29-33)53-45-44(47(59)56(55-45)42-36(50)27-32(48)28-37(42)51)61-40-19-17-16-18-38(40)54-46(58)43(30(2)3)60-34-24-21-31(4)22-25-34/h16-19,21-30,43-44H,5-15,20H2,1-4H3,(H,52,57)(H,53,55)(H,54,58). The second kappa shape index (κ2) is 24.1. The Balaban J connectivity index is 1.33. The van der Waals surface area contributed by atoms with Crippen LogP contribution in [0.25, 0.3) is 0 Å². The minimum atomic E-state index is -0.985. The molecular formula is C47H55Cl4N5O4S. The van der Waals surface area contributed by atoms with Gasteiger partial charge in [0.05, 0.1) is 26.4 Å². The van der Waals surface area contributed by atoms with E-state index in [1.165, 1.54) is 80.3 Å². The van der Waals surface area contributed by atoms with Gasteiger partial charge in [0.2, 0.25) is 5.91 Å². The van der Waals surface area contributed by atoms with Crippen molar-refractivity contribution < 1.29 is 19.1 Å². The highest BCUT2D eigenvalue weighted by Gasteiger charge is 2.41. The summed E-state index contributed by atoms with van der Waals surface area (Å²) in [5, 5.41) is 7.14. The summed E-state index contributed by atoms with van der Waals surface area (Å²) < 4.78 is 6.15. The Hall–Kier alpha value is -3.93. The number of hydrogen-bond acceptors (Lipinski definition) is 6. The SMILES string of the molecule is CCCCCCCCCCCCCC(=O)Nc1ccc(Cl)c(N=C2NN(c3c(Cl)cc(Cl)cc3Cl)C(=O)C2Sc2ccccc2NC(=O)C(Oc2ccc(C)cc2)C(C)C)c1. The summed E-state index contributed by atoms with van der Waals surface area (Å²) in [6.07, 6.45) is 12.8. The number of hydrazine groups is 1. The zero-order valence-electron chi connectivity index (χ0n) is 35.2. The third kappa shape index (κ3) is 14.3. The summed E-state index contributed by atoms with van der Waals surface area (Å²) in [6, 6.07) is 22.7. The van der Waals surface area contributed by atoms with Crippen molar-refractivity contribution >= 4 is 104 Å². The molecule has 326 valence electrons. The van der Waals surface area contributed by atoms with E-state index in [0.717, 1.165) is 24.8 Å². The van der Waals surface area contributed by atoms with Crippen LogP contribution in [0.3, 0.4) is 0 Å². The number of aryl methyl sites for hydroxylation is 1. The van der Waals surface area contributed by atoms with Crippen molar-refractivity contribution in [1.82, 2.24) is 5.43 Å². The molecule has 3 N–H and O–H groups in total. The monoisotopic (exact) mass is 925 g/mol. The summed E-state index contributed by atoms with van der Waals surface area (Å²) in [4.78, 5) is 46.6. The highest BCUT2D eigenvalue weighted by atomic mass is 35.5. The summed E-state index contributed by atoms with van der Waals surface area (Å²) in [5.74, 6) is -0.239. The first kappa shape index (κ1) is 48.1. The molecule has 61 heavy (non-hydrogen) atoms. The molecule has 5 rings (SSSR count). The molecule has 1 saturated heterocycles. The molecule has 9 nitrogen and oxygen atoms in total. The van der Waals surface area contributed by atoms with Gasteiger partial charge in [0, 0.05) is 22.0 Å². The predicted octanol–water partition coefficient (Wildman–Crippen LogP) is 14.0. The fourth-order valence-electron chi connectivity index (χ4n) is 6.81. The number of carbonyl (C=O) groups excluding carboxylic acids is 3. The van der Waals surface area contributed by atoms with Crippen molar-refractivity contribution in [3.63, 3.8) is 0 Å². The number of carbonyl (C=O) groups is 3. The number of amides is 3. The van der Waals surface area contributed by atoms with E-state index < -0.39 is 17.3 Å². The zero-order valence-corrected chi connectivity index (χ0v) is 39.0. The lowest BCUT2D eigenvalue weighted by atomic mass is 10.1. The van der Waals surface area contributed by atoms with Gasteiger partial charge < -0.3 is 15.4 Å². The van der Waals surface area contributed by atoms with Crippen LogP contribution < -0.4 is 25.8 Å². The highest BCUT2D eigenvalue weighted by Crippen LogP contribution is 2.41. The quantitative estimate of drug-likeness (QED) is 0.0677. The number of unbranched alkanes of at least 4 members (excludes halogenated alkanes) is 10. The van der Waals surface area contributed by atoms with Crippen LogP contribution in [0.15, 0.2) is 88.8 Å². The van der Waals surface area contributed by atoms with E-state index in [-0.39, 0.29) is 39.3 Å². The maximum Gasteiger partial charge on any atom is 0.267 e. The molecule has 4 aromatic rings. The number of nitrogens with one attached hydrogen (secondary N) is 3. The molecule has 0 radical (unpaired) electrons. The lowest BCUT2D eigenvalue weighted by molar-refractivity contribution is -0.124. The van der Waals surface area contributed by atoms with Gasteiger partial charge in [0.25, 0.3) is 11.8 Å². The first-order chi connectivity index (χ1) is 29.3. The number of benzene rings is 4. The smallest absolute Gasteiger partial charge is 0.267 e. The molecule has 0 bridgehead atoms. The summed E-state index contributed by atoms with van der Waals surface area (Å²) in [7, 11) is 0. The van der Waals surface area contributed by atoms with E-state index in [0.29, 0.717) is 44.2 Å². The Morgan fingerprint density at radius 2 is 1.43 bits per heavy atom. The molecule has 0 aromatic heterocycles. The number of halogens is 4. The number of nitrogens with zero attached hydrogens (tertiary/aromatic N) is 2. The average molecular weight is 928 g/mol. The molecule has 1 fully saturated rings. The normalized spacial score (nSPS) is 15.0. The van der Waals surface area contributed by atoms with Gasteiger partial charge in [-0.15, -0.1) is 11.8 Å². The largest absolute Gasteiger partial charge is 0.480 e. The van der Waals surface area contributed by atoms with Gasteiger partial charge in [-0.1, -0.05) is 161 Å². The lowest BCUT2D eigenvalue weighted by Gasteiger charge is -2.23. The number of ether oxygens (including phenoxy) is 1. The molecule has 14 heteroatoms. The maximum atomic E-state index is 14.4. The van der Waals surface area contributed by atoms with Crippen LogP contribution in [0, 0.1) is 12.8 Å². The van der Waals surface area contributed by atoms with Gasteiger partial charge in [-0.25, -0.2) is 10.0 Å². The second-order valence-electron chi connectivity index (χ2n) is 15.6. The summed E-state index contributed by atoms with van der Waals surface area (Å²) >= 11 is 27.3. The van der Waals surface area contributed by atoms with Crippen LogP contribution in [0.1, 0.15) is 103 Å². The fourth-order valence-corrected chi connectivity index (χ4v) is 9.03. The molecular weight excluding hydrogens is 872 g/mol. The van der Waals surface area contributed by atoms with Gasteiger partial charge >= 0.3 is 0 Å². The fraction of sp³-hybridized carbons (Fsp3) is 0.404. The molecule has 2 atom stereocenters.